The number of anilines is 1. The molecule has 0 bridgehead atoms. The first-order chi connectivity index (χ1) is 9.03. The highest BCUT2D eigenvalue weighted by Gasteiger charge is 2.11. The lowest BCUT2D eigenvalue weighted by Gasteiger charge is -2.08. The molecule has 0 saturated carbocycles. The molecule has 19 heavy (non-hydrogen) atoms. The summed E-state index contributed by atoms with van der Waals surface area (Å²) in [7, 11) is -0.238. The zero-order chi connectivity index (χ0) is 13.9. The first-order valence-electron chi connectivity index (χ1n) is 5.64. The van der Waals surface area contributed by atoms with Crippen LogP contribution in [0.25, 0.3) is 0 Å². The molecule has 2 rings (SSSR count). The number of rotatable bonds is 5. The van der Waals surface area contributed by atoms with E-state index in [2.05, 4.69) is 20.4 Å². The predicted molar refractivity (Wildman–Crippen MR) is 71.0 cm³/mol. The van der Waals surface area contributed by atoms with E-state index in [1.165, 1.54) is 7.05 Å². The molecule has 0 atom stereocenters. The molecule has 2 N–H and O–H groups in total. The van der Waals surface area contributed by atoms with Gasteiger partial charge in [0.2, 0.25) is 10.0 Å². The summed E-state index contributed by atoms with van der Waals surface area (Å²) in [6, 6.07) is 6.62. The van der Waals surface area contributed by atoms with E-state index >= 15 is 0 Å². The van der Waals surface area contributed by atoms with Crippen molar-refractivity contribution in [2.24, 2.45) is 7.05 Å². The van der Waals surface area contributed by atoms with Crippen molar-refractivity contribution in [1.29, 1.82) is 0 Å². The molecule has 1 heterocycles. The Kier molecular flexibility index (Phi) is 3.82. The maximum atomic E-state index is 11.7. The minimum Gasteiger partial charge on any atom is -0.379 e. The fourth-order valence-electron chi connectivity index (χ4n) is 1.55. The maximum Gasteiger partial charge on any atom is 0.240 e. The highest BCUT2D eigenvalue weighted by atomic mass is 32.2. The molecule has 1 aromatic heterocycles. The Balaban J connectivity index is 2.14. The molecular formula is C11H15N5O2S. The van der Waals surface area contributed by atoms with Crippen molar-refractivity contribution < 1.29 is 8.42 Å². The summed E-state index contributed by atoms with van der Waals surface area (Å²) >= 11 is 0. The van der Waals surface area contributed by atoms with Crippen LogP contribution in [0.1, 0.15) is 5.69 Å². The van der Waals surface area contributed by atoms with Crippen molar-refractivity contribution >= 4 is 15.7 Å². The minimum absolute atomic E-state index is 0.225. The summed E-state index contributed by atoms with van der Waals surface area (Å²) in [5, 5.41) is 10.7. The van der Waals surface area contributed by atoms with Crippen molar-refractivity contribution in [1.82, 2.24) is 19.7 Å². The number of nitrogens with one attached hydrogen (secondary N) is 2. The summed E-state index contributed by atoms with van der Waals surface area (Å²) in [6.45, 7) is 0.520. The van der Waals surface area contributed by atoms with E-state index in [4.69, 9.17) is 0 Å². The average molecular weight is 281 g/mol. The highest BCUT2D eigenvalue weighted by molar-refractivity contribution is 7.89. The first kappa shape index (κ1) is 13.5. The van der Waals surface area contributed by atoms with Crippen LogP contribution in [0.4, 0.5) is 5.69 Å². The van der Waals surface area contributed by atoms with Gasteiger partial charge in [-0.25, -0.2) is 13.1 Å². The van der Waals surface area contributed by atoms with Gasteiger partial charge in [-0.2, -0.15) is 0 Å². The van der Waals surface area contributed by atoms with E-state index in [9.17, 15) is 8.42 Å². The Morgan fingerprint density at radius 1 is 1.37 bits per heavy atom. The summed E-state index contributed by atoms with van der Waals surface area (Å²) in [4.78, 5) is 0.225. The molecule has 0 saturated heterocycles. The van der Waals surface area contributed by atoms with E-state index in [-0.39, 0.29) is 4.90 Å². The Hall–Kier alpha value is -1.93. The lowest BCUT2D eigenvalue weighted by atomic mass is 10.3. The Bertz CT molecular complexity index is 665. The quantitative estimate of drug-likeness (QED) is 0.824. The molecule has 7 nitrogen and oxygen atoms in total. The van der Waals surface area contributed by atoms with Gasteiger partial charge in [0.05, 0.1) is 23.3 Å². The Labute approximate surface area is 111 Å². The van der Waals surface area contributed by atoms with E-state index in [0.717, 1.165) is 11.4 Å². The molecule has 0 radical (unpaired) electrons. The lowest BCUT2D eigenvalue weighted by molar-refractivity contribution is 0.588. The number of aromatic nitrogens is 3. The molecule has 0 fully saturated rings. The fourth-order valence-corrected chi connectivity index (χ4v) is 2.33. The van der Waals surface area contributed by atoms with Gasteiger partial charge in [0.15, 0.2) is 0 Å². The Morgan fingerprint density at radius 3 is 2.79 bits per heavy atom. The van der Waals surface area contributed by atoms with Crippen LogP contribution in [0.2, 0.25) is 0 Å². The first-order valence-corrected chi connectivity index (χ1v) is 7.12. The van der Waals surface area contributed by atoms with Crippen LogP contribution in [-0.4, -0.2) is 30.5 Å². The van der Waals surface area contributed by atoms with Crippen LogP contribution in [0.3, 0.4) is 0 Å². The fraction of sp³-hybridized carbons (Fsp3) is 0.273. The molecule has 0 unspecified atom stereocenters. The topological polar surface area (TPSA) is 88.9 Å². The van der Waals surface area contributed by atoms with Gasteiger partial charge in [0, 0.05) is 12.7 Å². The second kappa shape index (κ2) is 5.37. The second-order valence-electron chi connectivity index (χ2n) is 3.94. The zero-order valence-corrected chi connectivity index (χ0v) is 11.5. The monoisotopic (exact) mass is 281 g/mol. The number of hydrogen-bond acceptors (Lipinski definition) is 5. The third-order valence-electron chi connectivity index (χ3n) is 2.69. The van der Waals surface area contributed by atoms with Gasteiger partial charge in [-0.15, -0.1) is 5.10 Å². The van der Waals surface area contributed by atoms with Crippen LogP contribution in [0.5, 0.6) is 0 Å². The van der Waals surface area contributed by atoms with Gasteiger partial charge in [-0.3, -0.25) is 4.68 Å². The average Bonchev–Trinajstić information content (AvgIpc) is 2.82. The molecule has 0 aliphatic heterocycles. The van der Waals surface area contributed by atoms with Crippen LogP contribution >= 0.6 is 0 Å². The molecule has 8 heteroatoms. The van der Waals surface area contributed by atoms with Gasteiger partial charge in [-0.1, -0.05) is 11.3 Å². The molecule has 0 amide bonds. The van der Waals surface area contributed by atoms with Crippen molar-refractivity contribution in [3.8, 4) is 0 Å². The van der Waals surface area contributed by atoms with Gasteiger partial charge in [0.1, 0.15) is 0 Å². The van der Waals surface area contributed by atoms with Crippen LogP contribution in [0.15, 0.2) is 35.4 Å². The summed E-state index contributed by atoms with van der Waals surface area (Å²) in [6.07, 6.45) is 1.65. The molecule has 0 aliphatic carbocycles. The second-order valence-corrected chi connectivity index (χ2v) is 5.82. The van der Waals surface area contributed by atoms with Crippen molar-refractivity contribution in [2.75, 3.05) is 12.4 Å². The molecule has 102 valence electrons. The number of aryl methyl sites for hydroxylation is 1. The normalized spacial score (nSPS) is 11.5. The van der Waals surface area contributed by atoms with Crippen LogP contribution < -0.4 is 10.0 Å². The Morgan fingerprint density at radius 2 is 2.16 bits per heavy atom. The summed E-state index contributed by atoms with van der Waals surface area (Å²) in [5.74, 6) is 0. The predicted octanol–water partition coefficient (Wildman–Crippen LogP) is 0.335. The molecule has 1 aromatic carbocycles. The van der Waals surface area contributed by atoms with Crippen LogP contribution in [-0.2, 0) is 23.6 Å². The number of sulfonamides is 1. The largest absolute Gasteiger partial charge is 0.379 e. The van der Waals surface area contributed by atoms with Gasteiger partial charge >= 0.3 is 0 Å². The smallest absolute Gasteiger partial charge is 0.240 e. The van der Waals surface area contributed by atoms with Crippen molar-refractivity contribution in [3.63, 3.8) is 0 Å². The van der Waals surface area contributed by atoms with Gasteiger partial charge in [0.25, 0.3) is 0 Å². The number of hydrogen-bond donors (Lipinski definition) is 2. The van der Waals surface area contributed by atoms with E-state index < -0.39 is 10.0 Å². The minimum atomic E-state index is -3.42. The number of benzene rings is 1. The molecular weight excluding hydrogens is 266 g/mol. The van der Waals surface area contributed by atoms with E-state index in [1.54, 1.807) is 42.2 Å². The highest BCUT2D eigenvalue weighted by Crippen LogP contribution is 2.15. The number of nitrogens with zero attached hydrogens (tertiary/aromatic N) is 3. The van der Waals surface area contributed by atoms with Crippen LogP contribution in [0, 0.1) is 0 Å². The SMILES string of the molecule is CNS(=O)(=O)c1cccc(NCc2cnnn2C)c1. The van der Waals surface area contributed by atoms with E-state index in [1.807, 2.05) is 0 Å². The van der Waals surface area contributed by atoms with Gasteiger partial charge in [-0.05, 0) is 25.2 Å². The van der Waals surface area contributed by atoms with Crippen molar-refractivity contribution in [2.45, 2.75) is 11.4 Å². The third-order valence-corrected chi connectivity index (χ3v) is 4.11. The third kappa shape index (κ3) is 3.09. The lowest BCUT2D eigenvalue weighted by Crippen LogP contribution is -2.18. The molecule has 2 aromatic rings. The maximum absolute atomic E-state index is 11.7. The van der Waals surface area contributed by atoms with Gasteiger partial charge < -0.3 is 5.32 Å². The zero-order valence-electron chi connectivity index (χ0n) is 10.7. The molecule has 0 spiro atoms. The summed E-state index contributed by atoms with van der Waals surface area (Å²) in [5.41, 5.74) is 1.62. The molecule has 0 aliphatic rings. The van der Waals surface area contributed by atoms with Crippen molar-refractivity contribution in [3.05, 3.63) is 36.2 Å². The van der Waals surface area contributed by atoms with E-state index in [0.29, 0.717) is 6.54 Å². The summed E-state index contributed by atoms with van der Waals surface area (Å²) < 4.78 is 27.3. The standard InChI is InChI=1S/C11H15N5O2S/c1-12-19(17,18)11-5-3-4-9(6-11)13-7-10-8-14-15-16(10)2/h3-6,8,12-13H,7H2,1-2H3.